The minimum Gasteiger partial charge on any atom is -0.339 e. The summed E-state index contributed by atoms with van der Waals surface area (Å²) >= 11 is 0. The van der Waals surface area contributed by atoms with Gasteiger partial charge in [-0.15, -0.1) is 12.4 Å². The summed E-state index contributed by atoms with van der Waals surface area (Å²) in [7, 11) is -1.43. The Morgan fingerprint density at radius 2 is 1.44 bits per heavy atom. The number of halogens is 1. The molecule has 2 rings (SSSR count). The van der Waals surface area contributed by atoms with Crippen LogP contribution >= 0.6 is 12.4 Å². The summed E-state index contributed by atoms with van der Waals surface area (Å²) in [5.74, 6) is 0.0607. The van der Waals surface area contributed by atoms with E-state index in [1.807, 2.05) is 20.9 Å². The maximum absolute atomic E-state index is 12.7. The lowest BCUT2D eigenvalue weighted by molar-refractivity contribution is -0.135. The minimum atomic E-state index is -3.43. The summed E-state index contributed by atoms with van der Waals surface area (Å²) in [6.45, 7) is 8.04. The molecule has 0 aromatic rings. The van der Waals surface area contributed by atoms with Gasteiger partial charge in [0.15, 0.2) is 0 Å². The summed E-state index contributed by atoms with van der Waals surface area (Å²) < 4.78 is 28.5. The van der Waals surface area contributed by atoms with Gasteiger partial charge in [0.2, 0.25) is 5.91 Å². The molecule has 0 aliphatic carbocycles. The van der Waals surface area contributed by atoms with E-state index in [0.717, 1.165) is 19.5 Å². The Balaban J connectivity index is 0.00000312. The van der Waals surface area contributed by atoms with E-state index in [0.29, 0.717) is 39.3 Å². The van der Waals surface area contributed by atoms with Crippen molar-refractivity contribution < 1.29 is 13.2 Å². The Kier molecular flexibility index (Phi) is 8.56. The molecule has 0 radical (unpaired) electrons. The predicted molar refractivity (Wildman–Crippen MR) is 101 cm³/mol. The Morgan fingerprint density at radius 3 is 1.88 bits per heavy atom. The Morgan fingerprint density at radius 1 is 1.00 bits per heavy atom. The molecule has 2 N–H and O–H groups in total. The van der Waals surface area contributed by atoms with Gasteiger partial charge in [-0.2, -0.15) is 17.0 Å². The van der Waals surface area contributed by atoms with Crippen molar-refractivity contribution in [3.63, 3.8) is 0 Å². The third kappa shape index (κ3) is 5.27. The standard InChI is InChI=1S/C15H31N5O3S.ClH/c1-4-13(2)14(16)15(21)18-7-11-20(12-8-18)24(22,23)19-9-5-17(3)6-10-19;/h13-14H,4-12,16H2,1-3H3;1H. The van der Waals surface area contributed by atoms with Crippen molar-refractivity contribution in [3.05, 3.63) is 0 Å². The molecule has 0 bridgehead atoms. The second-order valence-electron chi connectivity index (χ2n) is 6.85. The first-order valence-electron chi connectivity index (χ1n) is 8.75. The molecule has 0 aromatic heterocycles. The number of amides is 1. The van der Waals surface area contributed by atoms with Gasteiger partial charge in [0, 0.05) is 52.4 Å². The van der Waals surface area contributed by atoms with Gasteiger partial charge in [-0.25, -0.2) is 0 Å². The van der Waals surface area contributed by atoms with E-state index in [-0.39, 0.29) is 24.2 Å². The van der Waals surface area contributed by atoms with E-state index in [9.17, 15) is 13.2 Å². The fourth-order valence-electron chi connectivity index (χ4n) is 3.03. The average molecular weight is 398 g/mol. The van der Waals surface area contributed by atoms with Crippen molar-refractivity contribution in [2.45, 2.75) is 26.3 Å². The topological polar surface area (TPSA) is 90.2 Å². The fraction of sp³-hybridized carbons (Fsp3) is 0.933. The molecule has 0 spiro atoms. The highest BCUT2D eigenvalue weighted by molar-refractivity contribution is 7.86. The second kappa shape index (κ2) is 9.48. The van der Waals surface area contributed by atoms with Crippen LogP contribution in [0.1, 0.15) is 20.3 Å². The number of rotatable bonds is 5. The maximum atomic E-state index is 12.7. The molecule has 0 saturated carbocycles. The molecule has 2 saturated heterocycles. The van der Waals surface area contributed by atoms with Crippen LogP contribution in [-0.2, 0) is 15.0 Å². The van der Waals surface area contributed by atoms with E-state index >= 15 is 0 Å². The third-order valence-electron chi connectivity index (χ3n) is 5.21. The molecular weight excluding hydrogens is 366 g/mol. The van der Waals surface area contributed by atoms with Crippen molar-refractivity contribution in [2.24, 2.45) is 11.7 Å². The Bertz CT molecular complexity index is 531. The third-order valence-corrected chi connectivity index (χ3v) is 7.24. The highest BCUT2D eigenvalue weighted by atomic mass is 35.5. The van der Waals surface area contributed by atoms with Crippen molar-refractivity contribution in [3.8, 4) is 0 Å². The van der Waals surface area contributed by atoms with Crippen LogP contribution in [0.5, 0.6) is 0 Å². The summed E-state index contributed by atoms with van der Waals surface area (Å²) in [6.07, 6.45) is 0.852. The highest BCUT2D eigenvalue weighted by Gasteiger charge is 2.35. The Labute approximate surface area is 157 Å². The average Bonchev–Trinajstić information content (AvgIpc) is 2.60. The van der Waals surface area contributed by atoms with Gasteiger partial charge >= 0.3 is 0 Å². The number of likely N-dealkylation sites (N-methyl/N-ethyl adjacent to an activating group) is 1. The molecule has 2 heterocycles. The largest absolute Gasteiger partial charge is 0.339 e. The second-order valence-corrected chi connectivity index (χ2v) is 8.77. The number of nitrogens with two attached hydrogens (primary N) is 1. The quantitative estimate of drug-likeness (QED) is 0.670. The number of piperazine rings is 2. The monoisotopic (exact) mass is 397 g/mol. The van der Waals surface area contributed by atoms with Gasteiger partial charge in [-0.1, -0.05) is 20.3 Å². The van der Waals surface area contributed by atoms with E-state index in [1.54, 1.807) is 9.21 Å². The SMILES string of the molecule is CCC(C)C(N)C(=O)N1CCN(S(=O)(=O)N2CCN(C)CC2)CC1.Cl. The van der Waals surface area contributed by atoms with Crippen LogP contribution in [0.25, 0.3) is 0 Å². The molecule has 0 aromatic carbocycles. The number of hydrogen-bond acceptors (Lipinski definition) is 5. The van der Waals surface area contributed by atoms with Crippen LogP contribution in [-0.4, -0.2) is 98.2 Å². The first-order chi connectivity index (χ1) is 11.3. The summed E-state index contributed by atoms with van der Waals surface area (Å²) in [6, 6.07) is -0.504. The molecule has 2 aliphatic rings. The molecule has 2 fully saturated rings. The van der Waals surface area contributed by atoms with E-state index < -0.39 is 16.3 Å². The van der Waals surface area contributed by atoms with Gasteiger partial charge in [-0.3, -0.25) is 4.79 Å². The predicted octanol–water partition coefficient (Wildman–Crippen LogP) is -0.582. The van der Waals surface area contributed by atoms with E-state index in [1.165, 1.54) is 4.31 Å². The molecule has 8 nitrogen and oxygen atoms in total. The zero-order chi connectivity index (χ0) is 17.9. The number of carbonyl (C=O) groups is 1. The lowest BCUT2D eigenvalue weighted by Gasteiger charge is -2.39. The molecule has 2 aliphatic heterocycles. The fourth-order valence-corrected chi connectivity index (χ4v) is 4.61. The molecule has 2 unspecified atom stereocenters. The van der Waals surface area contributed by atoms with Gasteiger partial charge in [-0.05, 0) is 13.0 Å². The van der Waals surface area contributed by atoms with Crippen molar-refractivity contribution in [1.29, 1.82) is 0 Å². The van der Waals surface area contributed by atoms with Crippen LogP contribution in [0.3, 0.4) is 0 Å². The van der Waals surface area contributed by atoms with Crippen LogP contribution in [0, 0.1) is 5.92 Å². The van der Waals surface area contributed by atoms with E-state index in [4.69, 9.17) is 5.73 Å². The summed E-state index contributed by atoms with van der Waals surface area (Å²) in [4.78, 5) is 16.2. The Hall–Kier alpha value is -0.450. The highest BCUT2D eigenvalue weighted by Crippen LogP contribution is 2.16. The van der Waals surface area contributed by atoms with Crippen molar-refractivity contribution >= 4 is 28.5 Å². The summed E-state index contributed by atoms with van der Waals surface area (Å²) in [5, 5.41) is 0. The maximum Gasteiger partial charge on any atom is 0.282 e. The molecule has 148 valence electrons. The van der Waals surface area contributed by atoms with Crippen molar-refractivity contribution in [1.82, 2.24) is 18.4 Å². The first-order valence-corrected chi connectivity index (χ1v) is 10.1. The molecular formula is C15H32ClN5O3S. The zero-order valence-corrected chi connectivity index (χ0v) is 17.1. The summed E-state index contributed by atoms with van der Waals surface area (Å²) in [5.41, 5.74) is 6.02. The van der Waals surface area contributed by atoms with E-state index in [2.05, 4.69) is 4.90 Å². The van der Waals surface area contributed by atoms with Gasteiger partial charge < -0.3 is 15.5 Å². The molecule has 25 heavy (non-hydrogen) atoms. The van der Waals surface area contributed by atoms with Gasteiger partial charge in [0.05, 0.1) is 6.04 Å². The molecule has 10 heteroatoms. The molecule has 2 atom stereocenters. The number of carbonyl (C=O) groups excluding carboxylic acids is 1. The van der Waals surface area contributed by atoms with Crippen molar-refractivity contribution in [2.75, 3.05) is 59.4 Å². The normalized spacial score (nSPS) is 23.8. The lowest BCUT2D eigenvalue weighted by atomic mass is 9.99. The molecule has 1 amide bonds. The van der Waals surface area contributed by atoms with Crippen LogP contribution < -0.4 is 5.73 Å². The lowest BCUT2D eigenvalue weighted by Crippen LogP contribution is -2.59. The van der Waals surface area contributed by atoms with Crippen LogP contribution in [0.2, 0.25) is 0 Å². The van der Waals surface area contributed by atoms with Gasteiger partial charge in [0.1, 0.15) is 0 Å². The zero-order valence-electron chi connectivity index (χ0n) is 15.4. The number of nitrogens with zero attached hydrogens (tertiary/aromatic N) is 4. The smallest absolute Gasteiger partial charge is 0.282 e. The van der Waals surface area contributed by atoms with Gasteiger partial charge in [0.25, 0.3) is 10.2 Å². The van der Waals surface area contributed by atoms with Crippen LogP contribution in [0.15, 0.2) is 0 Å². The first kappa shape index (κ1) is 22.6. The minimum absolute atomic E-state index is 0. The van der Waals surface area contributed by atoms with Crippen LogP contribution in [0.4, 0.5) is 0 Å². The number of hydrogen-bond donors (Lipinski definition) is 1.